The van der Waals surface area contributed by atoms with E-state index < -0.39 is 0 Å². The summed E-state index contributed by atoms with van der Waals surface area (Å²) in [7, 11) is 0. The van der Waals surface area contributed by atoms with Gasteiger partial charge in [-0.2, -0.15) is 0 Å². The Balaban J connectivity index is 1.40. The molecular weight excluding hydrogens is 222 g/mol. The number of nitrogens with zero attached hydrogens (tertiary/aromatic N) is 2. The van der Waals surface area contributed by atoms with Crippen molar-refractivity contribution in [3.8, 4) is 0 Å². The highest BCUT2D eigenvalue weighted by molar-refractivity contribution is 4.87. The lowest BCUT2D eigenvalue weighted by molar-refractivity contribution is 0.125. The maximum absolute atomic E-state index is 3.48. The Hall–Kier alpha value is -0.120. The minimum absolute atomic E-state index is 0.969. The van der Waals surface area contributed by atoms with Gasteiger partial charge in [-0.1, -0.05) is 13.3 Å². The molecular formula is C15H31N3. The summed E-state index contributed by atoms with van der Waals surface area (Å²) in [6, 6.07) is 0.969. The van der Waals surface area contributed by atoms with Gasteiger partial charge in [-0.25, -0.2) is 0 Å². The molecule has 0 aromatic carbocycles. The summed E-state index contributed by atoms with van der Waals surface area (Å²) in [5, 5.41) is 3.48. The quantitative estimate of drug-likeness (QED) is 0.634. The second-order valence-corrected chi connectivity index (χ2v) is 5.92. The first-order valence-electron chi connectivity index (χ1n) is 8.07. The van der Waals surface area contributed by atoms with Gasteiger partial charge < -0.3 is 10.2 Å². The van der Waals surface area contributed by atoms with Crippen LogP contribution in [0.25, 0.3) is 0 Å². The maximum atomic E-state index is 3.48. The van der Waals surface area contributed by atoms with E-state index in [1.54, 1.807) is 0 Å². The molecule has 1 saturated carbocycles. The van der Waals surface area contributed by atoms with Crippen molar-refractivity contribution < 1.29 is 0 Å². The van der Waals surface area contributed by atoms with Gasteiger partial charge in [0.05, 0.1) is 0 Å². The van der Waals surface area contributed by atoms with Crippen LogP contribution in [-0.2, 0) is 0 Å². The Labute approximate surface area is 113 Å². The third-order valence-electron chi connectivity index (χ3n) is 4.22. The molecule has 0 radical (unpaired) electrons. The topological polar surface area (TPSA) is 18.5 Å². The van der Waals surface area contributed by atoms with Crippen LogP contribution in [0.3, 0.4) is 0 Å². The molecule has 0 bridgehead atoms. The molecule has 106 valence electrons. The molecule has 0 amide bonds. The molecule has 1 heterocycles. The number of hydrogen-bond acceptors (Lipinski definition) is 3. The molecule has 0 aromatic heterocycles. The molecule has 0 unspecified atom stereocenters. The monoisotopic (exact) mass is 253 g/mol. The maximum Gasteiger partial charge on any atom is 0.0113 e. The van der Waals surface area contributed by atoms with E-state index in [0.29, 0.717) is 0 Å². The Morgan fingerprint density at radius 3 is 2.39 bits per heavy atom. The van der Waals surface area contributed by atoms with Crippen LogP contribution in [0.4, 0.5) is 0 Å². The van der Waals surface area contributed by atoms with Gasteiger partial charge >= 0.3 is 0 Å². The Morgan fingerprint density at radius 2 is 1.72 bits per heavy atom. The van der Waals surface area contributed by atoms with Crippen molar-refractivity contribution >= 4 is 0 Å². The molecule has 2 rings (SSSR count). The Kier molecular flexibility index (Phi) is 6.46. The van der Waals surface area contributed by atoms with E-state index in [-0.39, 0.29) is 0 Å². The van der Waals surface area contributed by atoms with Gasteiger partial charge in [-0.15, -0.1) is 0 Å². The minimum atomic E-state index is 0.969. The Morgan fingerprint density at radius 1 is 0.944 bits per heavy atom. The highest BCUT2D eigenvalue weighted by atomic mass is 15.3. The normalized spacial score (nSPS) is 22.5. The van der Waals surface area contributed by atoms with Crippen LogP contribution in [0, 0.1) is 0 Å². The second-order valence-electron chi connectivity index (χ2n) is 5.92. The molecule has 1 saturated heterocycles. The number of hydrogen-bond donors (Lipinski definition) is 1. The van der Waals surface area contributed by atoms with Crippen LogP contribution >= 0.6 is 0 Å². The summed E-state index contributed by atoms with van der Waals surface area (Å²) >= 11 is 0. The zero-order valence-corrected chi connectivity index (χ0v) is 12.2. The third-order valence-corrected chi connectivity index (χ3v) is 4.22. The van der Waals surface area contributed by atoms with Crippen LogP contribution in [0.15, 0.2) is 0 Å². The van der Waals surface area contributed by atoms with Crippen molar-refractivity contribution in [1.82, 2.24) is 15.1 Å². The number of unbranched alkanes of at least 4 members (excludes halogenated alkanes) is 2. The van der Waals surface area contributed by atoms with Gasteiger partial charge in [-0.05, 0) is 51.7 Å². The van der Waals surface area contributed by atoms with Crippen LogP contribution < -0.4 is 5.32 Å². The summed E-state index contributed by atoms with van der Waals surface area (Å²) in [4.78, 5) is 5.36. The fourth-order valence-corrected chi connectivity index (χ4v) is 2.86. The van der Waals surface area contributed by atoms with Gasteiger partial charge in [0.15, 0.2) is 0 Å². The van der Waals surface area contributed by atoms with Crippen molar-refractivity contribution in [2.24, 2.45) is 0 Å². The molecule has 1 aliphatic heterocycles. The smallest absolute Gasteiger partial charge is 0.0113 e. The molecule has 0 spiro atoms. The molecule has 2 aliphatic rings. The lowest BCUT2D eigenvalue weighted by Crippen LogP contribution is -2.47. The standard InChI is InChI=1S/C15H31N3/c1-2-8-16-9-4-3-5-10-17-11-13-18(14-12-17)15-6-7-15/h15-16H,2-14H2,1H3. The Bertz CT molecular complexity index is 208. The van der Waals surface area contributed by atoms with E-state index >= 15 is 0 Å². The van der Waals surface area contributed by atoms with E-state index in [1.807, 2.05) is 0 Å². The van der Waals surface area contributed by atoms with Crippen LogP contribution in [0.2, 0.25) is 0 Å². The SMILES string of the molecule is CCCNCCCCCN1CCN(C2CC2)CC1. The lowest BCUT2D eigenvalue weighted by Gasteiger charge is -2.34. The molecule has 0 atom stereocenters. The van der Waals surface area contributed by atoms with E-state index in [9.17, 15) is 0 Å². The molecule has 0 aromatic rings. The highest BCUT2D eigenvalue weighted by Gasteiger charge is 2.30. The van der Waals surface area contributed by atoms with Crippen LogP contribution in [0.5, 0.6) is 0 Å². The molecule has 1 N–H and O–H groups in total. The summed E-state index contributed by atoms with van der Waals surface area (Å²) < 4.78 is 0. The van der Waals surface area contributed by atoms with E-state index in [0.717, 1.165) is 6.04 Å². The average molecular weight is 253 g/mol. The van der Waals surface area contributed by atoms with Gasteiger partial charge in [0, 0.05) is 32.2 Å². The summed E-state index contributed by atoms with van der Waals surface area (Å²) in [5.41, 5.74) is 0. The van der Waals surface area contributed by atoms with Gasteiger partial charge in [0.2, 0.25) is 0 Å². The third kappa shape index (κ3) is 5.25. The first-order chi connectivity index (χ1) is 8.90. The summed E-state index contributed by atoms with van der Waals surface area (Å²) in [6.45, 7) is 11.2. The predicted molar refractivity (Wildman–Crippen MR) is 78.0 cm³/mol. The van der Waals surface area contributed by atoms with E-state index in [4.69, 9.17) is 0 Å². The number of rotatable bonds is 9. The van der Waals surface area contributed by atoms with E-state index in [2.05, 4.69) is 22.0 Å². The zero-order valence-electron chi connectivity index (χ0n) is 12.2. The lowest BCUT2D eigenvalue weighted by atomic mass is 10.2. The number of piperazine rings is 1. The van der Waals surface area contributed by atoms with Crippen molar-refractivity contribution in [2.75, 3.05) is 45.8 Å². The summed E-state index contributed by atoms with van der Waals surface area (Å²) in [6.07, 6.45) is 8.31. The highest BCUT2D eigenvalue weighted by Crippen LogP contribution is 2.27. The molecule has 18 heavy (non-hydrogen) atoms. The molecule has 2 fully saturated rings. The zero-order chi connectivity index (χ0) is 12.6. The number of nitrogens with one attached hydrogen (secondary N) is 1. The van der Waals surface area contributed by atoms with Crippen LogP contribution in [0.1, 0.15) is 45.4 Å². The van der Waals surface area contributed by atoms with Crippen molar-refractivity contribution in [1.29, 1.82) is 0 Å². The molecule has 3 nitrogen and oxygen atoms in total. The summed E-state index contributed by atoms with van der Waals surface area (Å²) in [5.74, 6) is 0. The fourth-order valence-electron chi connectivity index (χ4n) is 2.86. The second kappa shape index (κ2) is 8.13. The van der Waals surface area contributed by atoms with Gasteiger partial charge in [-0.3, -0.25) is 4.90 Å². The predicted octanol–water partition coefficient (Wildman–Crippen LogP) is 1.94. The first kappa shape index (κ1) is 14.3. The van der Waals surface area contributed by atoms with Crippen molar-refractivity contribution in [2.45, 2.75) is 51.5 Å². The van der Waals surface area contributed by atoms with Gasteiger partial charge in [0.25, 0.3) is 0 Å². The largest absolute Gasteiger partial charge is 0.317 e. The van der Waals surface area contributed by atoms with E-state index in [1.165, 1.54) is 84.3 Å². The first-order valence-corrected chi connectivity index (χ1v) is 8.07. The fraction of sp³-hybridized carbons (Fsp3) is 1.00. The molecule has 1 aliphatic carbocycles. The van der Waals surface area contributed by atoms with Crippen molar-refractivity contribution in [3.63, 3.8) is 0 Å². The average Bonchev–Trinajstić information content (AvgIpc) is 3.23. The molecule has 3 heteroatoms. The van der Waals surface area contributed by atoms with Crippen LogP contribution in [-0.4, -0.2) is 61.7 Å². The van der Waals surface area contributed by atoms with Crippen molar-refractivity contribution in [3.05, 3.63) is 0 Å². The minimum Gasteiger partial charge on any atom is -0.317 e. The van der Waals surface area contributed by atoms with Gasteiger partial charge in [0.1, 0.15) is 0 Å².